The molecule has 2 aromatic carbocycles. The van der Waals surface area contributed by atoms with Crippen LogP contribution in [0.15, 0.2) is 60.1 Å². The molecule has 0 unspecified atom stereocenters. The molecule has 0 radical (unpaired) electrons. The highest BCUT2D eigenvalue weighted by Crippen LogP contribution is 2.22. The Balaban J connectivity index is 1.67. The Morgan fingerprint density at radius 2 is 1.82 bits per heavy atom. The molecule has 0 saturated heterocycles. The number of thiazole rings is 1. The summed E-state index contributed by atoms with van der Waals surface area (Å²) in [5.41, 5.74) is 3.59. The Bertz CT molecular complexity index is 725. The van der Waals surface area contributed by atoms with Crippen LogP contribution in [0.5, 0.6) is 5.75 Å². The van der Waals surface area contributed by atoms with Crippen molar-refractivity contribution in [3.63, 3.8) is 0 Å². The van der Waals surface area contributed by atoms with Crippen molar-refractivity contribution in [2.24, 2.45) is 0 Å². The average molecular weight is 310 g/mol. The van der Waals surface area contributed by atoms with E-state index in [1.54, 1.807) is 17.5 Å². The van der Waals surface area contributed by atoms with Crippen LogP contribution in [-0.4, -0.2) is 4.98 Å². The van der Waals surface area contributed by atoms with Gasteiger partial charge in [0.25, 0.3) is 0 Å². The summed E-state index contributed by atoms with van der Waals surface area (Å²) in [7, 11) is 0. The summed E-state index contributed by atoms with van der Waals surface area (Å²) in [5, 5.41) is 6.20. The number of hydrogen-bond donors (Lipinski definition) is 1. The van der Waals surface area contributed by atoms with Crippen LogP contribution < -0.4 is 10.1 Å². The van der Waals surface area contributed by atoms with Crippen molar-refractivity contribution in [3.05, 3.63) is 76.8 Å². The molecule has 0 aliphatic carbocycles. The summed E-state index contributed by atoms with van der Waals surface area (Å²) in [4.78, 5) is 4.23. The molecular formula is C18H18N2OS. The number of ether oxygens (including phenoxy) is 1. The summed E-state index contributed by atoms with van der Waals surface area (Å²) in [5.74, 6) is 0.912. The number of aryl methyl sites for hydroxylation is 1. The molecular weight excluding hydrogens is 292 g/mol. The number of nitrogens with one attached hydrogen (secondary N) is 1. The highest BCUT2D eigenvalue weighted by atomic mass is 32.1. The van der Waals surface area contributed by atoms with Gasteiger partial charge in [0.1, 0.15) is 12.4 Å². The quantitative estimate of drug-likeness (QED) is 0.720. The molecule has 0 spiro atoms. The van der Waals surface area contributed by atoms with Crippen molar-refractivity contribution < 1.29 is 4.74 Å². The fraction of sp³-hybridized carbons (Fsp3) is 0.167. The van der Waals surface area contributed by atoms with Crippen LogP contribution in [0.2, 0.25) is 0 Å². The van der Waals surface area contributed by atoms with Crippen LogP contribution in [0.3, 0.4) is 0 Å². The van der Waals surface area contributed by atoms with Gasteiger partial charge < -0.3 is 10.1 Å². The van der Waals surface area contributed by atoms with Gasteiger partial charge >= 0.3 is 0 Å². The summed E-state index contributed by atoms with van der Waals surface area (Å²) < 4.78 is 6.02. The fourth-order valence-corrected chi connectivity index (χ4v) is 2.73. The number of hydrogen-bond acceptors (Lipinski definition) is 4. The maximum Gasteiger partial charge on any atom is 0.182 e. The van der Waals surface area contributed by atoms with Gasteiger partial charge in [-0.25, -0.2) is 4.98 Å². The van der Waals surface area contributed by atoms with E-state index in [1.807, 2.05) is 35.7 Å². The summed E-state index contributed by atoms with van der Waals surface area (Å²) in [6, 6.07) is 16.4. The minimum atomic E-state index is 0.584. The number of rotatable bonds is 6. The summed E-state index contributed by atoms with van der Waals surface area (Å²) >= 11 is 1.60. The van der Waals surface area contributed by atoms with Gasteiger partial charge in [-0.3, -0.25) is 0 Å². The zero-order chi connectivity index (χ0) is 15.2. The highest BCUT2D eigenvalue weighted by molar-refractivity contribution is 7.13. The van der Waals surface area contributed by atoms with Crippen LogP contribution >= 0.6 is 11.3 Å². The topological polar surface area (TPSA) is 34.1 Å². The highest BCUT2D eigenvalue weighted by Gasteiger charge is 2.05. The minimum Gasteiger partial charge on any atom is -0.489 e. The van der Waals surface area contributed by atoms with Crippen molar-refractivity contribution >= 4 is 16.5 Å². The van der Waals surface area contributed by atoms with Crippen molar-refractivity contribution in [3.8, 4) is 5.75 Å². The third kappa shape index (κ3) is 3.65. The molecule has 3 rings (SSSR count). The number of anilines is 1. The summed E-state index contributed by atoms with van der Waals surface area (Å²) in [6.45, 7) is 3.40. The second kappa shape index (κ2) is 7.09. The van der Waals surface area contributed by atoms with Crippen molar-refractivity contribution in [2.45, 2.75) is 20.1 Å². The first-order chi connectivity index (χ1) is 10.8. The zero-order valence-corrected chi connectivity index (χ0v) is 13.3. The monoisotopic (exact) mass is 310 g/mol. The van der Waals surface area contributed by atoms with E-state index in [-0.39, 0.29) is 0 Å². The third-order valence-electron chi connectivity index (χ3n) is 3.48. The first kappa shape index (κ1) is 14.6. The fourth-order valence-electron chi connectivity index (χ4n) is 2.20. The number of nitrogens with zero attached hydrogens (tertiary/aromatic N) is 1. The predicted molar refractivity (Wildman–Crippen MR) is 91.4 cm³/mol. The van der Waals surface area contributed by atoms with Crippen LogP contribution in [0.4, 0.5) is 5.13 Å². The largest absolute Gasteiger partial charge is 0.489 e. The van der Waals surface area contributed by atoms with Crippen LogP contribution in [0, 0.1) is 6.92 Å². The third-order valence-corrected chi connectivity index (χ3v) is 4.21. The Morgan fingerprint density at radius 1 is 1.05 bits per heavy atom. The van der Waals surface area contributed by atoms with Crippen LogP contribution in [0.25, 0.3) is 0 Å². The zero-order valence-electron chi connectivity index (χ0n) is 12.5. The van der Waals surface area contributed by atoms with Crippen molar-refractivity contribution in [1.82, 2.24) is 4.98 Å². The molecule has 112 valence electrons. The second-order valence-electron chi connectivity index (χ2n) is 5.01. The van der Waals surface area contributed by atoms with Crippen molar-refractivity contribution in [2.75, 3.05) is 5.32 Å². The Kier molecular flexibility index (Phi) is 4.71. The molecule has 0 atom stereocenters. The number of benzene rings is 2. The smallest absolute Gasteiger partial charge is 0.182 e. The molecule has 3 nitrogen and oxygen atoms in total. The molecule has 0 amide bonds. The van der Waals surface area contributed by atoms with E-state index >= 15 is 0 Å². The molecule has 22 heavy (non-hydrogen) atoms. The number of para-hydroxylation sites is 1. The molecule has 0 fully saturated rings. The second-order valence-corrected chi connectivity index (χ2v) is 5.91. The maximum atomic E-state index is 6.02. The molecule has 1 N–H and O–H groups in total. The van der Waals surface area contributed by atoms with Gasteiger partial charge in [-0.2, -0.15) is 0 Å². The van der Waals surface area contributed by atoms with Gasteiger partial charge in [0, 0.05) is 23.7 Å². The molecule has 1 heterocycles. The van der Waals surface area contributed by atoms with Gasteiger partial charge in [-0.1, -0.05) is 42.5 Å². The van der Waals surface area contributed by atoms with E-state index in [2.05, 4.69) is 35.4 Å². The standard InChI is InChI=1S/C18H18N2OS/c1-14-6-2-3-8-16(14)13-21-17-9-5-4-7-15(17)12-20-18-19-10-11-22-18/h2-11H,12-13H2,1H3,(H,19,20). The first-order valence-electron chi connectivity index (χ1n) is 7.21. The molecule has 0 bridgehead atoms. The predicted octanol–water partition coefficient (Wildman–Crippen LogP) is 4.64. The van der Waals surface area contributed by atoms with Crippen LogP contribution in [0.1, 0.15) is 16.7 Å². The normalized spacial score (nSPS) is 10.4. The van der Waals surface area contributed by atoms with Gasteiger partial charge in [-0.05, 0) is 24.1 Å². The molecule has 4 heteroatoms. The van der Waals surface area contributed by atoms with E-state index in [0.717, 1.165) is 16.4 Å². The number of aromatic nitrogens is 1. The van der Waals surface area contributed by atoms with E-state index in [9.17, 15) is 0 Å². The average Bonchev–Trinajstić information content (AvgIpc) is 3.06. The first-order valence-corrected chi connectivity index (χ1v) is 8.09. The lowest BCUT2D eigenvalue weighted by Crippen LogP contribution is -2.04. The molecule has 1 aromatic heterocycles. The Morgan fingerprint density at radius 3 is 2.59 bits per heavy atom. The minimum absolute atomic E-state index is 0.584. The van der Waals surface area contributed by atoms with E-state index in [1.165, 1.54) is 11.1 Å². The lowest BCUT2D eigenvalue weighted by Gasteiger charge is -2.13. The van der Waals surface area contributed by atoms with E-state index < -0.39 is 0 Å². The van der Waals surface area contributed by atoms with Gasteiger partial charge in [0.15, 0.2) is 5.13 Å². The molecule has 0 aliphatic rings. The molecule has 3 aromatic rings. The summed E-state index contributed by atoms with van der Waals surface area (Å²) in [6.07, 6.45) is 1.80. The van der Waals surface area contributed by atoms with Gasteiger partial charge in [0.2, 0.25) is 0 Å². The van der Waals surface area contributed by atoms with E-state index in [0.29, 0.717) is 13.2 Å². The van der Waals surface area contributed by atoms with Crippen molar-refractivity contribution in [1.29, 1.82) is 0 Å². The van der Waals surface area contributed by atoms with E-state index in [4.69, 9.17) is 4.74 Å². The maximum absolute atomic E-state index is 6.02. The molecule has 0 saturated carbocycles. The lowest BCUT2D eigenvalue weighted by atomic mass is 10.1. The van der Waals surface area contributed by atoms with Gasteiger partial charge in [0.05, 0.1) is 0 Å². The van der Waals surface area contributed by atoms with Crippen LogP contribution in [-0.2, 0) is 13.2 Å². The Labute approximate surface area is 134 Å². The lowest BCUT2D eigenvalue weighted by molar-refractivity contribution is 0.302. The SMILES string of the molecule is Cc1ccccc1COc1ccccc1CNc1nccs1. The Hall–Kier alpha value is -2.33. The van der Waals surface area contributed by atoms with Gasteiger partial charge in [-0.15, -0.1) is 11.3 Å². The molecule has 0 aliphatic heterocycles.